The molecule has 0 amide bonds. The van der Waals surface area contributed by atoms with Crippen molar-refractivity contribution in [2.45, 2.75) is 0 Å². The number of halogens is 1. The van der Waals surface area contributed by atoms with E-state index < -0.39 is 0 Å². The number of benzene rings is 1. The van der Waals surface area contributed by atoms with Gasteiger partial charge < -0.3 is 5.73 Å². The van der Waals surface area contributed by atoms with Crippen molar-refractivity contribution in [1.29, 1.82) is 5.26 Å². The fourth-order valence-corrected chi connectivity index (χ4v) is 2.34. The first-order valence-corrected chi connectivity index (χ1v) is 4.79. The minimum atomic E-state index is 0.634. The first kappa shape index (κ1) is 8.36. The van der Waals surface area contributed by atoms with E-state index in [0.717, 1.165) is 10.1 Å². The van der Waals surface area contributed by atoms with Crippen LogP contribution in [0, 0.1) is 11.3 Å². The zero-order chi connectivity index (χ0) is 9.42. The predicted molar refractivity (Wildman–Crippen MR) is 56.0 cm³/mol. The number of thiophene rings is 1. The molecule has 0 saturated carbocycles. The van der Waals surface area contributed by atoms with Crippen molar-refractivity contribution in [3.05, 3.63) is 28.1 Å². The fraction of sp³-hybridized carbons (Fsp3) is 0. The molecule has 4 heteroatoms. The van der Waals surface area contributed by atoms with E-state index in [9.17, 15) is 0 Å². The minimum Gasteiger partial charge on any atom is -0.398 e. The second-order valence-electron chi connectivity index (χ2n) is 2.60. The van der Waals surface area contributed by atoms with Crippen LogP contribution in [-0.4, -0.2) is 0 Å². The van der Waals surface area contributed by atoms with Crippen molar-refractivity contribution in [3.8, 4) is 6.07 Å². The maximum Gasteiger partial charge on any atom is 0.110 e. The molecular weight excluding hydrogens is 204 g/mol. The minimum absolute atomic E-state index is 0.634. The van der Waals surface area contributed by atoms with Gasteiger partial charge in [-0.25, -0.2) is 0 Å². The summed E-state index contributed by atoms with van der Waals surface area (Å²) in [5, 5.41) is 10.2. The molecular formula is C9H5ClN2S. The molecule has 2 N–H and O–H groups in total. The van der Waals surface area contributed by atoms with Crippen LogP contribution in [0.3, 0.4) is 0 Å². The van der Waals surface area contributed by atoms with Gasteiger partial charge in [0.15, 0.2) is 0 Å². The van der Waals surface area contributed by atoms with Crippen LogP contribution >= 0.6 is 22.9 Å². The smallest absolute Gasteiger partial charge is 0.110 e. The van der Waals surface area contributed by atoms with Crippen LogP contribution in [0.2, 0.25) is 5.02 Å². The van der Waals surface area contributed by atoms with Gasteiger partial charge in [0, 0.05) is 11.1 Å². The van der Waals surface area contributed by atoms with Gasteiger partial charge in [0.05, 0.1) is 9.72 Å². The Morgan fingerprint density at radius 2 is 2.23 bits per heavy atom. The molecule has 0 saturated heterocycles. The third-order valence-electron chi connectivity index (χ3n) is 1.78. The van der Waals surface area contributed by atoms with Crippen LogP contribution in [0.4, 0.5) is 5.69 Å². The van der Waals surface area contributed by atoms with E-state index >= 15 is 0 Å². The van der Waals surface area contributed by atoms with Gasteiger partial charge >= 0.3 is 0 Å². The van der Waals surface area contributed by atoms with Crippen molar-refractivity contribution in [3.63, 3.8) is 0 Å². The predicted octanol–water partition coefficient (Wildman–Crippen LogP) is 3.01. The summed E-state index contributed by atoms with van der Waals surface area (Å²) in [5.74, 6) is 0. The van der Waals surface area contributed by atoms with Crippen molar-refractivity contribution in [1.82, 2.24) is 0 Å². The van der Waals surface area contributed by atoms with Gasteiger partial charge in [-0.3, -0.25) is 0 Å². The maximum atomic E-state index is 8.70. The Kier molecular flexibility index (Phi) is 1.87. The highest BCUT2D eigenvalue weighted by atomic mass is 35.5. The van der Waals surface area contributed by atoms with Crippen LogP contribution in [0.15, 0.2) is 18.2 Å². The van der Waals surface area contributed by atoms with E-state index in [-0.39, 0.29) is 0 Å². The highest BCUT2D eigenvalue weighted by Crippen LogP contribution is 2.34. The van der Waals surface area contributed by atoms with E-state index in [0.29, 0.717) is 15.6 Å². The molecule has 0 aliphatic carbocycles. The molecule has 0 bridgehead atoms. The molecule has 64 valence electrons. The third-order valence-corrected chi connectivity index (χ3v) is 3.28. The Hall–Kier alpha value is -1.24. The molecule has 0 aliphatic rings. The number of anilines is 1. The molecule has 2 rings (SSSR count). The molecule has 0 unspecified atom stereocenters. The number of nitrogens with zero attached hydrogens (tertiary/aromatic N) is 1. The molecule has 1 aromatic heterocycles. The van der Waals surface area contributed by atoms with Gasteiger partial charge in [-0.2, -0.15) is 5.26 Å². The second kappa shape index (κ2) is 2.91. The molecule has 0 atom stereocenters. The summed E-state index contributed by atoms with van der Waals surface area (Å²) in [5.41, 5.74) is 6.40. The molecule has 2 nitrogen and oxygen atoms in total. The summed E-state index contributed by atoms with van der Waals surface area (Å²) >= 11 is 7.31. The Bertz CT molecular complexity index is 471. The standard InChI is InChI=1S/C9H5ClN2S/c10-7-1-2-8(12)6-3-5(4-11)13-9(6)7/h1-3H,12H2. The lowest BCUT2D eigenvalue weighted by atomic mass is 10.2. The molecule has 0 spiro atoms. The van der Waals surface area contributed by atoms with Gasteiger partial charge in [-0.1, -0.05) is 11.6 Å². The summed E-state index contributed by atoms with van der Waals surface area (Å²) in [7, 11) is 0. The Morgan fingerprint density at radius 3 is 2.85 bits per heavy atom. The van der Waals surface area contributed by atoms with Gasteiger partial charge in [0.1, 0.15) is 10.9 Å². The third kappa shape index (κ3) is 1.24. The van der Waals surface area contributed by atoms with Crippen LogP contribution in [-0.2, 0) is 0 Å². The van der Waals surface area contributed by atoms with Gasteiger partial charge in [-0.05, 0) is 18.2 Å². The highest BCUT2D eigenvalue weighted by Gasteiger charge is 2.07. The van der Waals surface area contributed by atoms with Crippen LogP contribution in [0.25, 0.3) is 10.1 Å². The van der Waals surface area contributed by atoms with Crippen molar-refractivity contribution in [2.75, 3.05) is 5.73 Å². The molecule has 1 aromatic carbocycles. The SMILES string of the molecule is N#Cc1cc2c(N)ccc(Cl)c2s1. The van der Waals surface area contributed by atoms with E-state index in [1.165, 1.54) is 11.3 Å². The zero-order valence-corrected chi connectivity index (χ0v) is 8.12. The Morgan fingerprint density at radius 1 is 1.46 bits per heavy atom. The topological polar surface area (TPSA) is 49.8 Å². The first-order valence-electron chi connectivity index (χ1n) is 3.60. The van der Waals surface area contributed by atoms with Gasteiger partial charge in [-0.15, -0.1) is 11.3 Å². The van der Waals surface area contributed by atoms with Gasteiger partial charge in [0.2, 0.25) is 0 Å². The number of hydrogen-bond donors (Lipinski definition) is 1. The van der Waals surface area contributed by atoms with E-state index in [1.807, 2.05) is 0 Å². The Balaban J connectivity index is 2.90. The summed E-state index contributed by atoms with van der Waals surface area (Å²) in [6.07, 6.45) is 0. The average Bonchev–Trinajstić information content (AvgIpc) is 2.56. The molecule has 13 heavy (non-hydrogen) atoms. The van der Waals surface area contributed by atoms with Crippen molar-refractivity contribution < 1.29 is 0 Å². The number of nitrogen functional groups attached to an aromatic ring is 1. The quantitative estimate of drug-likeness (QED) is 0.677. The van der Waals surface area contributed by atoms with Gasteiger partial charge in [0.25, 0.3) is 0 Å². The number of nitriles is 1. The highest BCUT2D eigenvalue weighted by molar-refractivity contribution is 7.20. The van der Waals surface area contributed by atoms with Crippen molar-refractivity contribution in [2.24, 2.45) is 0 Å². The molecule has 0 fully saturated rings. The van der Waals surface area contributed by atoms with E-state index in [2.05, 4.69) is 6.07 Å². The normalized spacial score (nSPS) is 10.2. The van der Waals surface area contributed by atoms with Crippen LogP contribution < -0.4 is 5.73 Å². The van der Waals surface area contributed by atoms with E-state index in [1.54, 1.807) is 18.2 Å². The second-order valence-corrected chi connectivity index (χ2v) is 4.06. The first-order chi connectivity index (χ1) is 6.22. The summed E-state index contributed by atoms with van der Waals surface area (Å²) < 4.78 is 0.887. The largest absolute Gasteiger partial charge is 0.398 e. The number of fused-ring (bicyclic) bond motifs is 1. The maximum absolute atomic E-state index is 8.70. The lowest BCUT2D eigenvalue weighted by Gasteiger charge is -1.96. The number of rotatable bonds is 0. The summed E-state index contributed by atoms with van der Waals surface area (Å²) in [6, 6.07) is 7.34. The molecule has 1 heterocycles. The lowest BCUT2D eigenvalue weighted by Crippen LogP contribution is -1.83. The summed E-state index contributed by atoms with van der Waals surface area (Å²) in [6.45, 7) is 0. The fourth-order valence-electron chi connectivity index (χ4n) is 1.17. The zero-order valence-electron chi connectivity index (χ0n) is 6.54. The summed E-state index contributed by atoms with van der Waals surface area (Å²) in [4.78, 5) is 0.634. The van der Waals surface area contributed by atoms with Crippen LogP contribution in [0.1, 0.15) is 4.88 Å². The van der Waals surface area contributed by atoms with E-state index in [4.69, 9.17) is 22.6 Å². The van der Waals surface area contributed by atoms with Crippen molar-refractivity contribution >= 4 is 38.7 Å². The number of hydrogen-bond acceptors (Lipinski definition) is 3. The molecule has 2 aromatic rings. The molecule has 0 radical (unpaired) electrons. The van der Waals surface area contributed by atoms with Crippen LogP contribution in [0.5, 0.6) is 0 Å². The Labute approximate surface area is 84.2 Å². The number of nitrogens with two attached hydrogens (primary N) is 1. The molecule has 0 aliphatic heterocycles. The lowest BCUT2D eigenvalue weighted by molar-refractivity contribution is 1.52. The monoisotopic (exact) mass is 208 g/mol. The average molecular weight is 209 g/mol.